The Morgan fingerprint density at radius 3 is 2.65 bits per heavy atom. The lowest BCUT2D eigenvalue weighted by Gasteiger charge is -2.38. The Bertz CT molecular complexity index is 376. The molecule has 1 saturated heterocycles. The van der Waals surface area contributed by atoms with Gasteiger partial charge in [0.05, 0.1) is 4.58 Å². The zero-order valence-corrected chi connectivity index (χ0v) is 12.2. The van der Waals surface area contributed by atoms with Crippen molar-refractivity contribution in [3.63, 3.8) is 0 Å². The van der Waals surface area contributed by atoms with Crippen LogP contribution in [0.1, 0.15) is 35.8 Å². The van der Waals surface area contributed by atoms with Crippen LogP contribution in [0.3, 0.4) is 0 Å². The smallest absolute Gasteiger partial charge is 0.0754 e. The quantitative estimate of drug-likeness (QED) is 0.679. The van der Waals surface area contributed by atoms with Gasteiger partial charge in [0, 0.05) is 10.3 Å². The topological polar surface area (TPSA) is 0 Å². The van der Waals surface area contributed by atoms with Crippen molar-refractivity contribution in [1.29, 1.82) is 0 Å². The van der Waals surface area contributed by atoms with Crippen molar-refractivity contribution in [3.8, 4) is 0 Å². The van der Waals surface area contributed by atoms with Gasteiger partial charge in [0.25, 0.3) is 0 Å². The molecule has 92 valence electrons. The fourth-order valence-electron chi connectivity index (χ4n) is 2.75. The third kappa shape index (κ3) is 2.80. The molecule has 1 saturated carbocycles. The summed E-state index contributed by atoms with van der Waals surface area (Å²) in [5.74, 6) is 2.33. The Morgan fingerprint density at radius 1 is 1.06 bits per heavy atom. The fourth-order valence-corrected chi connectivity index (χ4v) is 6.53. The van der Waals surface area contributed by atoms with E-state index in [4.69, 9.17) is 11.6 Å². The number of benzene rings is 1. The van der Waals surface area contributed by atoms with Crippen LogP contribution in [0.4, 0.5) is 0 Å². The molecule has 3 rings (SSSR count). The van der Waals surface area contributed by atoms with E-state index >= 15 is 0 Å². The first-order valence-electron chi connectivity index (χ1n) is 6.35. The molecule has 3 heteroatoms. The van der Waals surface area contributed by atoms with Gasteiger partial charge >= 0.3 is 0 Å². The van der Waals surface area contributed by atoms with Crippen LogP contribution in [-0.2, 0) is 0 Å². The molecule has 1 aromatic carbocycles. The monoisotopic (exact) mass is 284 g/mol. The van der Waals surface area contributed by atoms with Crippen LogP contribution in [0, 0.1) is 5.92 Å². The van der Waals surface area contributed by atoms with Crippen molar-refractivity contribution in [3.05, 3.63) is 34.9 Å². The van der Waals surface area contributed by atoms with Gasteiger partial charge in [0.1, 0.15) is 0 Å². The molecular formula is C14H17ClS2. The summed E-state index contributed by atoms with van der Waals surface area (Å²) in [6.45, 7) is 0. The van der Waals surface area contributed by atoms with Gasteiger partial charge in [-0.3, -0.25) is 0 Å². The summed E-state index contributed by atoms with van der Waals surface area (Å²) in [5, 5.41) is 1.75. The lowest BCUT2D eigenvalue weighted by atomic mass is 9.90. The van der Waals surface area contributed by atoms with Crippen molar-refractivity contribution < 1.29 is 0 Å². The first kappa shape index (κ1) is 12.3. The number of fused-ring (bicyclic) bond motifs is 1. The van der Waals surface area contributed by atoms with Gasteiger partial charge in [-0.1, -0.05) is 36.6 Å². The maximum atomic E-state index is 5.95. The van der Waals surface area contributed by atoms with Gasteiger partial charge in [-0.15, -0.1) is 23.5 Å². The van der Waals surface area contributed by atoms with E-state index in [1.165, 1.54) is 37.0 Å². The molecule has 2 fully saturated rings. The van der Waals surface area contributed by atoms with E-state index in [0.29, 0.717) is 4.58 Å². The summed E-state index contributed by atoms with van der Waals surface area (Å²) < 4.78 is 0.631. The second-order valence-electron chi connectivity index (χ2n) is 4.94. The molecule has 1 aromatic rings. The molecule has 0 bridgehead atoms. The number of hydrogen-bond donors (Lipinski definition) is 0. The molecule has 0 radical (unpaired) electrons. The van der Waals surface area contributed by atoms with Crippen molar-refractivity contribution >= 4 is 35.1 Å². The first-order chi connectivity index (χ1) is 8.33. The van der Waals surface area contributed by atoms with Gasteiger partial charge in [0.2, 0.25) is 0 Å². The Kier molecular flexibility index (Phi) is 3.94. The van der Waals surface area contributed by atoms with E-state index in [1.54, 1.807) is 0 Å². The van der Waals surface area contributed by atoms with Gasteiger partial charge in [-0.2, -0.15) is 0 Å². The highest BCUT2D eigenvalue weighted by molar-refractivity contribution is 8.17. The summed E-state index contributed by atoms with van der Waals surface area (Å²) in [5.41, 5.74) is 1.44. The molecule has 3 atom stereocenters. The van der Waals surface area contributed by atoms with Crippen LogP contribution in [0.5, 0.6) is 0 Å². The highest BCUT2D eigenvalue weighted by Crippen LogP contribution is 2.52. The van der Waals surface area contributed by atoms with Gasteiger partial charge in [-0.25, -0.2) is 0 Å². The minimum Gasteiger partial charge on any atom is -0.142 e. The van der Waals surface area contributed by atoms with Gasteiger partial charge in [0.15, 0.2) is 0 Å². The zero-order chi connectivity index (χ0) is 11.7. The standard InChI is InChI=1S/C14H17ClS2/c15-12-7-5-10(6-8-12)14-16-9-11-3-1-2-4-13(11)17-14/h5-8,11,13-14H,1-4,9H2/t11-,13+,14-/m1/s1. The van der Waals surface area contributed by atoms with Crippen LogP contribution in [0.2, 0.25) is 5.02 Å². The zero-order valence-electron chi connectivity index (χ0n) is 9.77. The van der Waals surface area contributed by atoms with Crippen LogP contribution >= 0.6 is 35.1 Å². The number of halogens is 1. The van der Waals surface area contributed by atoms with Crippen molar-refractivity contribution in [2.75, 3.05) is 5.75 Å². The molecule has 1 aliphatic heterocycles. The minimum absolute atomic E-state index is 0.631. The average Bonchev–Trinajstić information content (AvgIpc) is 2.39. The second kappa shape index (κ2) is 5.46. The number of rotatable bonds is 1. The minimum atomic E-state index is 0.631. The van der Waals surface area contributed by atoms with Crippen molar-refractivity contribution in [2.45, 2.75) is 35.5 Å². The molecule has 0 unspecified atom stereocenters. The lowest BCUT2D eigenvalue weighted by Crippen LogP contribution is -2.28. The van der Waals surface area contributed by atoms with E-state index < -0.39 is 0 Å². The Balaban J connectivity index is 1.71. The molecule has 1 heterocycles. The predicted molar refractivity (Wildman–Crippen MR) is 80.0 cm³/mol. The summed E-state index contributed by atoms with van der Waals surface area (Å²) in [7, 11) is 0. The Hall–Kier alpha value is 0.210. The summed E-state index contributed by atoms with van der Waals surface area (Å²) in [6, 6.07) is 8.42. The molecule has 0 amide bonds. The Morgan fingerprint density at radius 2 is 1.82 bits per heavy atom. The van der Waals surface area contributed by atoms with Crippen LogP contribution in [-0.4, -0.2) is 11.0 Å². The molecule has 2 aliphatic rings. The van der Waals surface area contributed by atoms with Gasteiger partial charge < -0.3 is 0 Å². The van der Waals surface area contributed by atoms with Crippen molar-refractivity contribution in [2.24, 2.45) is 5.92 Å². The lowest BCUT2D eigenvalue weighted by molar-refractivity contribution is 0.401. The van der Waals surface area contributed by atoms with Crippen molar-refractivity contribution in [1.82, 2.24) is 0 Å². The van der Waals surface area contributed by atoms with Crippen LogP contribution in [0.25, 0.3) is 0 Å². The summed E-state index contributed by atoms with van der Waals surface area (Å²) in [4.78, 5) is 0. The fraction of sp³-hybridized carbons (Fsp3) is 0.571. The number of hydrogen-bond acceptors (Lipinski definition) is 2. The third-order valence-corrected chi connectivity index (χ3v) is 7.42. The summed E-state index contributed by atoms with van der Waals surface area (Å²) >= 11 is 10.3. The molecule has 17 heavy (non-hydrogen) atoms. The molecule has 0 aromatic heterocycles. The van der Waals surface area contributed by atoms with Gasteiger partial charge in [-0.05, 0) is 42.2 Å². The summed E-state index contributed by atoms with van der Waals surface area (Å²) in [6.07, 6.45) is 5.78. The van der Waals surface area contributed by atoms with E-state index in [0.717, 1.165) is 16.2 Å². The predicted octanol–water partition coefficient (Wildman–Crippen LogP) is 5.38. The van der Waals surface area contributed by atoms with E-state index in [2.05, 4.69) is 35.7 Å². The van der Waals surface area contributed by atoms with E-state index in [-0.39, 0.29) is 0 Å². The highest BCUT2D eigenvalue weighted by atomic mass is 35.5. The molecule has 0 N–H and O–H groups in total. The normalized spacial score (nSPS) is 33.1. The van der Waals surface area contributed by atoms with E-state index in [9.17, 15) is 0 Å². The molecule has 1 aliphatic carbocycles. The SMILES string of the molecule is Clc1ccc([C@@H]2SC[C@H]3CCCC[C@@H]3S2)cc1. The van der Waals surface area contributed by atoms with Crippen LogP contribution < -0.4 is 0 Å². The average molecular weight is 285 g/mol. The molecule has 0 nitrogen and oxygen atoms in total. The second-order valence-corrected chi connectivity index (χ2v) is 8.16. The maximum absolute atomic E-state index is 5.95. The Labute approximate surface area is 117 Å². The number of thioether (sulfide) groups is 2. The first-order valence-corrected chi connectivity index (χ1v) is 8.72. The molecular weight excluding hydrogens is 268 g/mol. The third-order valence-electron chi connectivity index (χ3n) is 3.74. The largest absolute Gasteiger partial charge is 0.142 e. The van der Waals surface area contributed by atoms with E-state index in [1.807, 2.05) is 12.1 Å². The van der Waals surface area contributed by atoms with Crippen LogP contribution in [0.15, 0.2) is 24.3 Å². The maximum Gasteiger partial charge on any atom is 0.0754 e. The highest BCUT2D eigenvalue weighted by Gasteiger charge is 2.33. The molecule has 0 spiro atoms.